The van der Waals surface area contributed by atoms with Gasteiger partial charge in [0.15, 0.2) is 0 Å². The van der Waals surface area contributed by atoms with E-state index in [-0.39, 0.29) is 39.4 Å². The van der Waals surface area contributed by atoms with Crippen LogP contribution in [0.1, 0.15) is 77.7 Å². The lowest BCUT2D eigenvalue weighted by molar-refractivity contribution is -0.161. The first-order valence-electron chi connectivity index (χ1n) is 13.0. The Morgan fingerprint density at radius 2 is 1.71 bits per heavy atom. The van der Waals surface area contributed by atoms with Crippen LogP contribution in [-0.2, 0) is 23.9 Å². The molecule has 0 spiro atoms. The lowest BCUT2D eigenvalue weighted by Gasteiger charge is -2.59. The third-order valence-electron chi connectivity index (χ3n) is 10.4. The van der Waals surface area contributed by atoms with Crippen LogP contribution in [0.4, 0.5) is 0 Å². The minimum Gasteiger partial charge on any atom is -0.300 e. The number of benzene rings is 1. The molecule has 0 aromatic heterocycles. The van der Waals surface area contributed by atoms with Crippen molar-refractivity contribution >= 4 is 21.7 Å². The molecule has 4 aliphatic rings. The number of fused-ring (bicyclic) bond motifs is 5. The first-order valence-corrected chi connectivity index (χ1v) is 14.4. The van der Waals surface area contributed by atoms with Crippen molar-refractivity contribution in [3.8, 4) is 0 Å². The first-order chi connectivity index (χ1) is 16.0. The van der Waals surface area contributed by atoms with Crippen molar-refractivity contribution in [3.05, 3.63) is 29.8 Å². The molecule has 4 saturated carbocycles. The van der Waals surface area contributed by atoms with Crippen LogP contribution in [0.2, 0.25) is 0 Å². The Morgan fingerprint density at radius 1 is 1.00 bits per heavy atom. The van der Waals surface area contributed by atoms with Gasteiger partial charge in [0.2, 0.25) is 0 Å². The van der Waals surface area contributed by atoms with E-state index in [9.17, 15) is 18.0 Å². The minimum absolute atomic E-state index is 0.0176. The Labute approximate surface area is 204 Å². The van der Waals surface area contributed by atoms with E-state index in [0.717, 1.165) is 37.7 Å². The molecule has 0 radical (unpaired) electrons. The fourth-order valence-corrected chi connectivity index (χ4v) is 9.84. The number of hydrogen-bond acceptors (Lipinski definition) is 5. The topological polar surface area (TPSA) is 77.5 Å². The average molecular weight is 487 g/mol. The lowest BCUT2D eigenvalue weighted by Crippen LogP contribution is -2.58. The second-order valence-electron chi connectivity index (χ2n) is 12.2. The van der Waals surface area contributed by atoms with Gasteiger partial charge in [-0.3, -0.25) is 13.8 Å². The van der Waals surface area contributed by atoms with Gasteiger partial charge in [-0.05, 0) is 99.5 Å². The van der Waals surface area contributed by atoms with E-state index in [1.54, 1.807) is 31.2 Å². The fraction of sp³-hybridized carbons (Fsp3) is 0.714. The van der Waals surface area contributed by atoms with E-state index < -0.39 is 10.1 Å². The van der Waals surface area contributed by atoms with E-state index in [1.807, 2.05) is 6.92 Å². The van der Waals surface area contributed by atoms with E-state index in [0.29, 0.717) is 42.8 Å². The number of rotatable bonds is 4. The number of carbonyl (C=O) groups is 2. The zero-order chi connectivity index (χ0) is 24.5. The first kappa shape index (κ1) is 24.2. The molecule has 0 saturated heterocycles. The van der Waals surface area contributed by atoms with Crippen LogP contribution in [0.15, 0.2) is 29.2 Å². The summed E-state index contributed by atoms with van der Waals surface area (Å²) in [5, 5.41) is 0. The van der Waals surface area contributed by atoms with Gasteiger partial charge in [0.25, 0.3) is 10.1 Å². The minimum atomic E-state index is -3.80. The summed E-state index contributed by atoms with van der Waals surface area (Å²) in [6.45, 7) is 8.09. The number of carbonyl (C=O) groups excluding carboxylic acids is 2. The van der Waals surface area contributed by atoms with Gasteiger partial charge < -0.3 is 0 Å². The summed E-state index contributed by atoms with van der Waals surface area (Å²) < 4.78 is 31.5. The van der Waals surface area contributed by atoms with Crippen molar-refractivity contribution in [2.24, 2.45) is 40.4 Å². The second kappa shape index (κ2) is 8.26. The van der Waals surface area contributed by atoms with Crippen LogP contribution in [0.25, 0.3) is 0 Å². The van der Waals surface area contributed by atoms with Crippen molar-refractivity contribution in [2.45, 2.75) is 90.1 Å². The molecule has 8 atom stereocenters. The summed E-state index contributed by atoms with van der Waals surface area (Å²) >= 11 is 0. The molecule has 4 aliphatic carbocycles. The Morgan fingerprint density at radius 3 is 2.38 bits per heavy atom. The van der Waals surface area contributed by atoms with Gasteiger partial charge in [-0.1, -0.05) is 31.5 Å². The summed E-state index contributed by atoms with van der Waals surface area (Å²) in [4.78, 5) is 26.3. The molecule has 0 bridgehead atoms. The average Bonchev–Trinajstić information content (AvgIpc) is 3.10. The van der Waals surface area contributed by atoms with Gasteiger partial charge in [0.1, 0.15) is 11.6 Å². The predicted molar refractivity (Wildman–Crippen MR) is 130 cm³/mol. The van der Waals surface area contributed by atoms with Gasteiger partial charge in [-0.2, -0.15) is 8.42 Å². The van der Waals surface area contributed by atoms with Crippen LogP contribution >= 0.6 is 0 Å². The standard InChI is InChI=1S/C28H38O5S/c1-17-5-8-21(9-6-17)34(31,32)33-20-13-14-27(3)19(15-20)7-10-22-24-12-11-23(18(2)29)28(24,4)16-25(30)26(22)27/h5-6,8-9,19-20,22-24,26H,7,10-16H2,1-4H3/t19-,20?,22?,23?,24?,26?,27?,28?/m0/s1. The SMILES string of the molecule is CC(=O)C1CCC2C3CC[C@H]4CC(OS(=O)(=O)c5ccc(C)cc5)CCC4(C)C3C(=O)CC12C. The van der Waals surface area contributed by atoms with E-state index in [2.05, 4.69) is 13.8 Å². The molecule has 7 unspecified atom stereocenters. The molecule has 34 heavy (non-hydrogen) atoms. The normalized spacial score (nSPS) is 41.9. The molecule has 6 heteroatoms. The Bertz CT molecular complexity index is 1090. The zero-order valence-corrected chi connectivity index (χ0v) is 21.7. The molecule has 5 rings (SSSR count). The summed E-state index contributed by atoms with van der Waals surface area (Å²) in [6, 6.07) is 6.79. The zero-order valence-electron chi connectivity index (χ0n) is 20.9. The van der Waals surface area contributed by atoms with Crippen LogP contribution in [0.3, 0.4) is 0 Å². The lowest BCUT2D eigenvalue weighted by atomic mass is 9.44. The molecular weight excluding hydrogens is 448 g/mol. The molecule has 0 aliphatic heterocycles. The number of ketones is 2. The largest absolute Gasteiger partial charge is 0.300 e. The highest BCUT2D eigenvalue weighted by atomic mass is 32.2. The smallest absolute Gasteiger partial charge is 0.297 e. The van der Waals surface area contributed by atoms with Crippen molar-refractivity contribution < 1.29 is 22.2 Å². The molecule has 1 aromatic rings. The molecule has 0 N–H and O–H groups in total. The van der Waals surface area contributed by atoms with Gasteiger partial charge in [-0.25, -0.2) is 0 Å². The third-order valence-corrected chi connectivity index (χ3v) is 11.7. The highest BCUT2D eigenvalue weighted by Gasteiger charge is 2.63. The summed E-state index contributed by atoms with van der Waals surface area (Å²) in [7, 11) is -3.80. The van der Waals surface area contributed by atoms with Gasteiger partial charge in [-0.15, -0.1) is 0 Å². The van der Waals surface area contributed by atoms with Crippen LogP contribution in [0.5, 0.6) is 0 Å². The second-order valence-corrected chi connectivity index (χ2v) is 13.7. The molecule has 5 nitrogen and oxygen atoms in total. The fourth-order valence-electron chi connectivity index (χ4n) is 8.73. The third kappa shape index (κ3) is 3.71. The van der Waals surface area contributed by atoms with E-state index in [1.165, 1.54) is 0 Å². The predicted octanol–water partition coefficient (Wildman–Crippen LogP) is 5.50. The summed E-state index contributed by atoms with van der Waals surface area (Å²) in [5.41, 5.74) is 0.716. The van der Waals surface area contributed by atoms with Crippen molar-refractivity contribution in [2.75, 3.05) is 0 Å². The van der Waals surface area contributed by atoms with E-state index in [4.69, 9.17) is 4.18 Å². The van der Waals surface area contributed by atoms with Crippen molar-refractivity contribution in [1.29, 1.82) is 0 Å². The number of aryl methyl sites for hydroxylation is 1. The number of Topliss-reactive ketones (excluding diaryl/α,β-unsaturated/α-hetero) is 2. The molecule has 186 valence electrons. The molecular formula is C28H38O5S. The Balaban J connectivity index is 1.34. The molecule has 0 amide bonds. The van der Waals surface area contributed by atoms with Gasteiger partial charge >= 0.3 is 0 Å². The Hall–Kier alpha value is -1.53. The van der Waals surface area contributed by atoms with Crippen LogP contribution in [-0.4, -0.2) is 26.1 Å². The van der Waals surface area contributed by atoms with Gasteiger partial charge in [0, 0.05) is 18.3 Å². The maximum Gasteiger partial charge on any atom is 0.297 e. The molecule has 4 fully saturated rings. The summed E-state index contributed by atoms with van der Waals surface area (Å²) in [6.07, 6.45) is 6.33. The quantitative estimate of drug-likeness (QED) is 0.526. The monoisotopic (exact) mass is 486 g/mol. The van der Waals surface area contributed by atoms with Crippen molar-refractivity contribution in [3.63, 3.8) is 0 Å². The molecule has 0 heterocycles. The van der Waals surface area contributed by atoms with Crippen LogP contribution in [0, 0.1) is 47.3 Å². The highest BCUT2D eigenvalue weighted by molar-refractivity contribution is 7.86. The Kier molecular flexibility index (Phi) is 5.87. The maximum atomic E-state index is 13.7. The number of hydrogen-bond donors (Lipinski definition) is 0. The summed E-state index contributed by atoms with van der Waals surface area (Å²) in [5.74, 6) is 1.72. The highest BCUT2D eigenvalue weighted by Crippen LogP contribution is 2.66. The maximum absolute atomic E-state index is 13.7. The molecule has 1 aromatic carbocycles. The van der Waals surface area contributed by atoms with Crippen molar-refractivity contribution in [1.82, 2.24) is 0 Å². The van der Waals surface area contributed by atoms with E-state index >= 15 is 0 Å². The van der Waals surface area contributed by atoms with Crippen LogP contribution < -0.4 is 0 Å². The van der Waals surface area contributed by atoms with Gasteiger partial charge in [0.05, 0.1) is 11.0 Å².